The van der Waals surface area contributed by atoms with Crippen molar-refractivity contribution in [2.45, 2.75) is 39.2 Å². The highest BCUT2D eigenvalue weighted by molar-refractivity contribution is 6.30. The SMILES string of the molecule is CC(N)C(C)C(=O)N(CCc1ccc(Cl)cc1)CC1CC1.Cl. The lowest BCUT2D eigenvalue weighted by Gasteiger charge is -2.27. The van der Waals surface area contributed by atoms with Crippen LogP contribution < -0.4 is 5.73 Å². The van der Waals surface area contributed by atoms with Crippen molar-refractivity contribution in [3.63, 3.8) is 0 Å². The third-order valence-electron chi connectivity index (χ3n) is 4.25. The Morgan fingerprint density at radius 1 is 1.32 bits per heavy atom. The highest BCUT2D eigenvalue weighted by atomic mass is 35.5. The van der Waals surface area contributed by atoms with Gasteiger partial charge in [-0.2, -0.15) is 0 Å². The number of nitrogens with two attached hydrogens (primary N) is 1. The molecule has 2 rings (SSSR count). The van der Waals surface area contributed by atoms with Gasteiger partial charge in [-0.05, 0) is 49.8 Å². The molecule has 2 atom stereocenters. The summed E-state index contributed by atoms with van der Waals surface area (Å²) in [7, 11) is 0. The molecule has 0 aliphatic heterocycles. The van der Waals surface area contributed by atoms with Crippen molar-refractivity contribution in [1.82, 2.24) is 4.90 Å². The normalized spacial score (nSPS) is 16.5. The van der Waals surface area contributed by atoms with Crippen molar-refractivity contribution < 1.29 is 4.79 Å². The number of rotatable bonds is 7. The summed E-state index contributed by atoms with van der Waals surface area (Å²) in [5, 5.41) is 0.746. The van der Waals surface area contributed by atoms with Gasteiger partial charge in [0.05, 0.1) is 5.92 Å². The Bertz CT molecular complexity index is 472. The lowest BCUT2D eigenvalue weighted by atomic mass is 10.0. The van der Waals surface area contributed by atoms with Crippen LogP contribution in [0.2, 0.25) is 5.02 Å². The molecule has 0 heterocycles. The van der Waals surface area contributed by atoms with Gasteiger partial charge in [-0.25, -0.2) is 0 Å². The number of hydrogen-bond donors (Lipinski definition) is 1. The summed E-state index contributed by atoms with van der Waals surface area (Å²) in [6.45, 7) is 5.46. The molecule has 0 aromatic heterocycles. The molecule has 2 N–H and O–H groups in total. The molecule has 124 valence electrons. The summed E-state index contributed by atoms with van der Waals surface area (Å²) < 4.78 is 0. The van der Waals surface area contributed by atoms with Crippen LogP contribution >= 0.6 is 24.0 Å². The molecular weight excluding hydrogens is 319 g/mol. The number of hydrogen-bond acceptors (Lipinski definition) is 2. The minimum Gasteiger partial charge on any atom is -0.342 e. The molecule has 1 aromatic carbocycles. The number of halogens is 2. The zero-order valence-electron chi connectivity index (χ0n) is 13.3. The van der Waals surface area contributed by atoms with Gasteiger partial charge in [0.25, 0.3) is 0 Å². The molecule has 0 bridgehead atoms. The van der Waals surface area contributed by atoms with E-state index in [0.717, 1.165) is 24.5 Å². The monoisotopic (exact) mass is 344 g/mol. The van der Waals surface area contributed by atoms with Gasteiger partial charge in [0, 0.05) is 24.2 Å². The van der Waals surface area contributed by atoms with Gasteiger partial charge >= 0.3 is 0 Å². The van der Waals surface area contributed by atoms with E-state index in [2.05, 4.69) is 0 Å². The highest BCUT2D eigenvalue weighted by Crippen LogP contribution is 2.30. The molecule has 0 saturated heterocycles. The first kappa shape index (κ1) is 19.3. The van der Waals surface area contributed by atoms with Crippen LogP contribution in [0.25, 0.3) is 0 Å². The smallest absolute Gasteiger partial charge is 0.226 e. The first-order valence-corrected chi connectivity index (χ1v) is 8.14. The van der Waals surface area contributed by atoms with Crippen LogP contribution in [0.3, 0.4) is 0 Å². The lowest BCUT2D eigenvalue weighted by molar-refractivity contribution is -0.135. The molecule has 1 amide bonds. The Kier molecular flexibility index (Phi) is 7.67. The van der Waals surface area contributed by atoms with E-state index < -0.39 is 0 Å². The van der Waals surface area contributed by atoms with Gasteiger partial charge in [-0.1, -0.05) is 30.7 Å². The molecule has 1 aromatic rings. The van der Waals surface area contributed by atoms with E-state index in [-0.39, 0.29) is 30.3 Å². The van der Waals surface area contributed by atoms with E-state index in [0.29, 0.717) is 5.92 Å². The minimum absolute atomic E-state index is 0. The molecule has 0 spiro atoms. The second kappa shape index (κ2) is 8.76. The summed E-state index contributed by atoms with van der Waals surface area (Å²) in [6.07, 6.45) is 3.36. The summed E-state index contributed by atoms with van der Waals surface area (Å²) in [5.74, 6) is 0.763. The standard InChI is InChI=1S/C17H25ClN2O.ClH/c1-12(13(2)19)17(21)20(11-15-3-4-15)10-9-14-5-7-16(18)8-6-14;/h5-8,12-13,15H,3-4,9-11,19H2,1-2H3;1H. The van der Waals surface area contributed by atoms with Crippen molar-refractivity contribution in [2.75, 3.05) is 13.1 Å². The van der Waals surface area contributed by atoms with Gasteiger partial charge in [0.15, 0.2) is 0 Å². The van der Waals surface area contributed by atoms with Gasteiger partial charge < -0.3 is 10.6 Å². The fourth-order valence-corrected chi connectivity index (χ4v) is 2.46. The van der Waals surface area contributed by atoms with Gasteiger partial charge in [-0.15, -0.1) is 12.4 Å². The number of carbonyl (C=O) groups is 1. The van der Waals surface area contributed by atoms with E-state index >= 15 is 0 Å². The van der Waals surface area contributed by atoms with Gasteiger partial charge in [-0.3, -0.25) is 4.79 Å². The largest absolute Gasteiger partial charge is 0.342 e. The van der Waals surface area contributed by atoms with Crippen LogP contribution in [0.15, 0.2) is 24.3 Å². The van der Waals surface area contributed by atoms with Crippen molar-refractivity contribution in [1.29, 1.82) is 0 Å². The van der Waals surface area contributed by atoms with Crippen LogP contribution in [-0.2, 0) is 11.2 Å². The Hall–Kier alpha value is -0.770. The number of carbonyl (C=O) groups excluding carboxylic acids is 1. The second-order valence-electron chi connectivity index (χ2n) is 6.25. The minimum atomic E-state index is -0.117. The number of amides is 1. The summed E-state index contributed by atoms with van der Waals surface area (Å²) in [6, 6.07) is 7.74. The van der Waals surface area contributed by atoms with Crippen LogP contribution in [0.1, 0.15) is 32.3 Å². The Morgan fingerprint density at radius 3 is 2.41 bits per heavy atom. The maximum absolute atomic E-state index is 12.5. The fourth-order valence-electron chi connectivity index (χ4n) is 2.33. The van der Waals surface area contributed by atoms with Crippen molar-refractivity contribution in [3.05, 3.63) is 34.9 Å². The molecule has 0 radical (unpaired) electrons. The predicted octanol–water partition coefficient (Wildman–Crippen LogP) is 3.53. The molecule has 2 unspecified atom stereocenters. The topological polar surface area (TPSA) is 46.3 Å². The Morgan fingerprint density at radius 2 is 1.91 bits per heavy atom. The zero-order valence-corrected chi connectivity index (χ0v) is 14.9. The fraction of sp³-hybridized carbons (Fsp3) is 0.588. The zero-order chi connectivity index (χ0) is 15.4. The van der Waals surface area contributed by atoms with E-state index in [9.17, 15) is 4.79 Å². The van der Waals surface area contributed by atoms with Crippen LogP contribution in [0, 0.1) is 11.8 Å². The third-order valence-corrected chi connectivity index (χ3v) is 4.50. The van der Waals surface area contributed by atoms with Crippen LogP contribution in [0.5, 0.6) is 0 Å². The lowest BCUT2D eigenvalue weighted by Crippen LogP contribution is -2.43. The Labute approximate surface area is 144 Å². The molecule has 5 heteroatoms. The number of nitrogens with zero attached hydrogens (tertiary/aromatic N) is 1. The number of benzene rings is 1. The maximum Gasteiger partial charge on any atom is 0.226 e. The van der Waals surface area contributed by atoms with Crippen LogP contribution in [-0.4, -0.2) is 29.9 Å². The summed E-state index contributed by atoms with van der Waals surface area (Å²) in [4.78, 5) is 14.5. The van der Waals surface area contributed by atoms with Crippen LogP contribution in [0.4, 0.5) is 0 Å². The van der Waals surface area contributed by atoms with Gasteiger partial charge in [0.2, 0.25) is 5.91 Å². The highest BCUT2D eigenvalue weighted by Gasteiger charge is 2.29. The molecule has 1 saturated carbocycles. The average molecular weight is 345 g/mol. The van der Waals surface area contributed by atoms with E-state index in [4.69, 9.17) is 17.3 Å². The average Bonchev–Trinajstić information content (AvgIpc) is 3.27. The first-order valence-electron chi connectivity index (χ1n) is 7.76. The third kappa shape index (κ3) is 5.79. The predicted molar refractivity (Wildman–Crippen MR) is 94.5 cm³/mol. The molecule has 3 nitrogen and oxygen atoms in total. The molecular formula is C17H26Cl2N2O. The van der Waals surface area contributed by atoms with Crippen molar-refractivity contribution in [2.24, 2.45) is 17.6 Å². The van der Waals surface area contributed by atoms with E-state index in [1.165, 1.54) is 18.4 Å². The van der Waals surface area contributed by atoms with Crippen molar-refractivity contribution in [3.8, 4) is 0 Å². The summed E-state index contributed by atoms with van der Waals surface area (Å²) >= 11 is 5.90. The molecule has 22 heavy (non-hydrogen) atoms. The first-order chi connectivity index (χ1) is 9.97. The van der Waals surface area contributed by atoms with Gasteiger partial charge in [0.1, 0.15) is 0 Å². The summed E-state index contributed by atoms with van der Waals surface area (Å²) in [5.41, 5.74) is 7.09. The Balaban J connectivity index is 0.00000242. The van der Waals surface area contributed by atoms with E-state index in [1.807, 2.05) is 43.0 Å². The molecule has 1 aliphatic rings. The van der Waals surface area contributed by atoms with E-state index in [1.54, 1.807) is 0 Å². The van der Waals surface area contributed by atoms with Crippen molar-refractivity contribution >= 4 is 29.9 Å². The molecule has 1 aliphatic carbocycles. The second-order valence-corrected chi connectivity index (χ2v) is 6.69. The maximum atomic E-state index is 12.5. The molecule has 1 fully saturated rings. The quantitative estimate of drug-likeness (QED) is 0.822.